The normalized spacial score (nSPS) is 10.6. The van der Waals surface area contributed by atoms with Crippen LogP contribution in [0, 0.1) is 0 Å². The Bertz CT molecular complexity index is 814. The molecule has 2 heterocycles. The molecular weight excluding hydrogens is 310 g/mol. The van der Waals surface area contributed by atoms with Crippen molar-refractivity contribution in [2.45, 2.75) is 0 Å². The van der Waals surface area contributed by atoms with Crippen molar-refractivity contribution in [1.29, 1.82) is 0 Å². The third-order valence-corrected chi connectivity index (χ3v) is 4.17. The molecule has 5 nitrogen and oxygen atoms in total. The number of hydrogen-bond acceptors (Lipinski definition) is 6. The highest BCUT2D eigenvalue weighted by molar-refractivity contribution is 7.18. The lowest BCUT2D eigenvalue weighted by Crippen LogP contribution is -1.98. The van der Waals surface area contributed by atoms with Crippen LogP contribution in [0.4, 0.5) is 10.8 Å². The third-order valence-electron chi connectivity index (χ3n) is 2.83. The van der Waals surface area contributed by atoms with Gasteiger partial charge < -0.3 is 10.1 Å². The topological polar surface area (TPSA) is 64.1 Å². The van der Waals surface area contributed by atoms with Crippen molar-refractivity contribution in [2.75, 3.05) is 12.4 Å². The molecule has 0 amide bonds. The molecule has 0 saturated heterocycles. The molecule has 3 rings (SSSR count). The number of methoxy groups -OCH3 is 1. The number of benzene rings is 1. The van der Waals surface area contributed by atoms with E-state index >= 15 is 0 Å². The van der Waals surface area contributed by atoms with Gasteiger partial charge in [-0.05, 0) is 12.1 Å². The highest BCUT2D eigenvalue weighted by Crippen LogP contribution is 2.31. The molecular formula is C14H10ClN3O2S. The number of carbonyl (C=O) groups excluding carboxylic acids is 1. The minimum atomic E-state index is -0.499. The van der Waals surface area contributed by atoms with E-state index in [-0.39, 0.29) is 10.0 Å². The lowest BCUT2D eigenvalue weighted by molar-refractivity contribution is 0.0606. The molecule has 0 unspecified atom stereocenters. The molecule has 106 valence electrons. The number of ether oxygens (including phenoxy) is 1. The van der Waals surface area contributed by atoms with Crippen LogP contribution in [0.5, 0.6) is 0 Å². The van der Waals surface area contributed by atoms with Gasteiger partial charge in [0, 0.05) is 11.6 Å². The van der Waals surface area contributed by atoms with Crippen LogP contribution < -0.4 is 5.32 Å². The molecule has 0 aliphatic rings. The zero-order valence-corrected chi connectivity index (χ0v) is 12.5. The van der Waals surface area contributed by atoms with E-state index in [4.69, 9.17) is 11.6 Å². The van der Waals surface area contributed by atoms with Crippen molar-refractivity contribution in [3.05, 3.63) is 46.6 Å². The summed E-state index contributed by atoms with van der Waals surface area (Å²) in [6.07, 6.45) is 1.72. The summed E-state index contributed by atoms with van der Waals surface area (Å²) in [7, 11) is 1.31. The van der Waals surface area contributed by atoms with Gasteiger partial charge in [-0.2, -0.15) is 0 Å². The number of nitrogens with zero attached hydrogens (tertiary/aromatic N) is 2. The number of hydrogen-bond donors (Lipinski definition) is 1. The van der Waals surface area contributed by atoms with E-state index in [0.717, 1.165) is 27.9 Å². The molecule has 2 aromatic heterocycles. The first-order valence-corrected chi connectivity index (χ1v) is 7.24. The summed E-state index contributed by atoms with van der Waals surface area (Å²) >= 11 is 7.08. The number of aromatic nitrogens is 2. The number of para-hydroxylation sites is 1. The van der Waals surface area contributed by atoms with Crippen LogP contribution in [0.1, 0.15) is 9.67 Å². The molecule has 0 fully saturated rings. The summed E-state index contributed by atoms with van der Waals surface area (Å²) < 4.78 is 4.66. The van der Waals surface area contributed by atoms with Crippen LogP contribution in [0.25, 0.3) is 10.9 Å². The molecule has 7 heteroatoms. The fourth-order valence-electron chi connectivity index (χ4n) is 1.89. The lowest BCUT2D eigenvalue weighted by Gasteiger charge is -2.05. The Balaban J connectivity index is 1.98. The average Bonchev–Trinajstić information content (AvgIpc) is 2.87. The smallest absolute Gasteiger partial charge is 0.351 e. The van der Waals surface area contributed by atoms with E-state index in [1.54, 1.807) is 6.20 Å². The van der Waals surface area contributed by atoms with Gasteiger partial charge in [-0.25, -0.2) is 9.78 Å². The zero-order valence-electron chi connectivity index (χ0n) is 11.0. The van der Waals surface area contributed by atoms with Gasteiger partial charge in [-0.3, -0.25) is 4.98 Å². The minimum absolute atomic E-state index is 0.127. The molecule has 0 bridgehead atoms. The van der Waals surface area contributed by atoms with Crippen molar-refractivity contribution in [3.63, 3.8) is 0 Å². The maximum absolute atomic E-state index is 11.5. The first-order chi connectivity index (χ1) is 10.2. The second kappa shape index (κ2) is 5.67. The van der Waals surface area contributed by atoms with Crippen LogP contribution in [-0.2, 0) is 4.74 Å². The van der Waals surface area contributed by atoms with Crippen molar-refractivity contribution in [1.82, 2.24) is 9.97 Å². The molecule has 0 atom stereocenters. The number of pyridine rings is 1. The van der Waals surface area contributed by atoms with Crippen molar-refractivity contribution in [2.24, 2.45) is 0 Å². The monoisotopic (exact) mass is 319 g/mol. The van der Waals surface area contributed by atoms with E-state index in [1.165, 1.54) is 7.11 Å². The molecule has 1 N–H and O–H groups in total. The van der Waals surface area contributed by atoms with Crippen LogP contribution >= 0.6 is 22.9 Å². The average molecular weight is 320 g/mol. The van der Waals surface area contributed by atoms with Crippen LogP contribution in [0.2, 0.25) is 5.15 Å². The Kier molecular flexibility index (Phi) is 3.72. The predicted molar refractivity (Wildman–Crippen MR) is 83.5 cm³/mol. The summed E-state index contributed by atoms with van der Waals surface area (Å²) in [6, 6.07) is 9.64. The van der Waals surface area contributed by atoms with Gasteiger partial charge in [0.25, 0.3) is 0 Å². The van der Waals surface area contributed by atoms with Crippen molar-refractivity contribution in [3.8, 4) is 0 Å². The predicted octanol–water partition coefficient (Wildman–Crippen LogP) is 3.87. The van der Waals surface area contributed by atoms with Crippen molar-refractivity contribution >= 4 is 50.6 Å². The number of carbonyl (C=O) groups is 1. The Morgan fingerprint density at radius 3 is 2.95 bits per heavy atom. The number of anilines is 2. The number of rotatable bonds is 3. The van der Waals surface area contributed by atoms with Gasteiger partial charge in [0.15, 0.2) is 15.2 Å². The summed E-state index contributed by atoms with van der Waals surface area (Å²) in [5.41, 5.74) is 1.63. The zero-order chi connectivity index (χ0) is 14.8. The highest BCUT2D eigenvalue weighted by atomic mass is 35.5. The highest BCUT2D eigenvalue weighted by Gasteiger charge is 2.17. The number of thiazole rings is 1. The number of halogens is 1. The van der Waals surface area contributed by atoms with E-state index in [9.17, 15) is 4.79 Å². The molecule has 0 radical (unpaired) electrons. The van der Waals surface area contributed by atoms with Crippen molar-refractivity contribution < 1.29 is 9.53 Å². The van der Waals surface area contributed by atoms with Gasteiger partial charge in [0.05, 0.1) is 18.3 Å². The number of fused-ring (bicyclic) bond motifs is 1. The molecule has 0 aliphatic carbocycles. The van der Waals surface area contributed by atoms with E-state index in [2.05, 4.69) is 20.0 Å². The second-order valence-electron chi connectivity index (χ2n) is 4.14. The molecule has 3 aromatic rings. The standard InChI is InChI=1S/C14H10ClN3O2S/c1-20-13(19)11-12(15)18-14(21-11)17-9-6-2-4-8-5-3-7-16-10(8)9/h2-7H,1H3,(H,17,18). The quantitative estimate of drug-likeness (QED) is 0.742. The van der Waals surface area contributed by atoms with Gasteiger partial charge in [-0.1, -0.05) is 41.1 Å². The molecule has 0 spiro atoms. The van der Waals surface area contributed by atoms with Crippen LogP contribution in [0.3, 0.4) is 0 Å². The fraction of sp³-hybridized carbons (Fsp3) is 0.0714. The van der Waals surface area contributed by atoms with Gasteiger partial charge in [0.2, 0.25) is 0 Å². The molecule has 1 aromatic carbocycles. The van der Waals surface area contributed by atoms with Gasteiger partial charge >= 0.3 is 5.97 Å². The summed E-state index contributed by atoms with van der Waals surface area (Å²) in [6.45, 7) is 0. The first kappa shape index (κ1) is 13.8. The Labute approximate surface area is 129 Å². The Morgan fingerprint density at radius 1 is 1.33 bits per heavy atom. The lowest BCUT2D eigenvalue weighted by atomic mass is 10.2. The SMILES string of the molecule is COC(=O)c1sc(Nc2cccc3cccnc23)nc1Cl. The van der Waals surface area contributed by atoms with Gasteiger partial charge in [0.1, 0.15) is 0 Å². The van der Waals surface area contributed by atoms with E-state index in [1.807, 2.05) is 30.3 Å². The summed E-state index contributed by atoms with van der Waals surface area (Å²) in [5, 5.41) is 4.79. The molecule has 21 heavy (non-hydrogen) atoms. The fourth-order valence-corrected chi connectivity index (χ4v) is 3.01. The maximum Gasteiger partial charge on any atom is 0.351 e. The second-order valence-corrected chi connectivity index (χ2v) is 5.49. The van der Waals surface area contributed by atoms with E-state index in [0.29, 0.717) is 5.13 Å². The maximum atomic E-state index is 11.5. The Morgan fingerprint density at radius 2 is 2.14 bits per heavy atom. The van der Waals surface area contributed by atoms with Crippen LogP contribution in [0.15, 0.2) is 36.5 Å². The summed E-state index contributed by atoms with van der Waals surface area (Å²) in [4.78, 5) is 20.3. The van der Waals surface area contributed by atoms with E-state index < -0.39 is 5.97 Å². The third kappa shape index (κ3) is 2.68. The Hall–Kier alpha value is -2.18. The molecule has 0 aliphatic heterocycles. The minimum Gasteiger partial charge on any atom is -0.465 e. The molecule has 0 saturated carbocycles. The largest absolute Gasteiger partial charge is 0.465 e. The van der Waals surface area contributed by atoms with Crippen LogP contribution in [-0.4, -0.2) is 23.0 Å². The number of nitrogens with one attached hydrogen (secondary N) is 1. The summed E-state index contributed by atoms with van der Waals surface area (Å²) in [5.74, 6) is -0.499. The number of esters is 1. The van der Waals surface area contributed by atoms with Gasteiger partial charge in [-0.15, -0.1) is 0 Å². The first-order valence-electron chi connectivity index (χ1n) is 6.04.